The van der Waals surface area contributed by atoms with E-state index in [4.69, 9.17) is 11.6 Å². The zero-order chi connectivity index (χ0) is 11.4. The largest absolute Gasteiger partial charge is 0.469 e. The van der Waals surface area contributed by atoms with E-state index in [1.54, 1.807) is 0 Å². The van der Waals surface area contributed by atoms with Crippen LogP contribution in [0.4, 0.5) is 4.39 Å². The fourth-order valence-electron chi connectivity index (χ4n) is 1.13. The summed E-state index contributed by atoms with van der Waals surface area (Å²) in [4.78, 5) is 10.9. The molecule has 0 amide bonds. The van der Waals surface area contributed by atoms with Crippen molar-refractivity contribution in [2.24, 2.45) is 0 Å². The van der Waals surface area contributed by atoms with Crippen molar-refractivity contribution in [1.82, 2.24) is 0 Å². The first-order valence-electron chi connectivity index (χ1n) is 4.25. The number of methoxy groups -OCH3 is 1. The SMILES string of the molecule is COC(=O)C[C@@H](O)c1cccc(Cl)c1F. The van der Waals surface area contributed by atoms with Gasteiger partial charge in [0.05, 0.1) is 24.7 Å². The van der Waals surface area contributed by atoms with Gasteiger partial charge in [-0.25, -0.2) is 4.39 Å². The molecule has 0 saturated heterocycles. The number of aliphatic hydroxyl groups is 1. The smallest absolute Gasteiger partial charge is 0.308 e. The van der Waals surface area contributed by atoms with Crippen LogP contribution in [0.2, 0.25) is 5.02 Å². The number of rotatable bonds is 3. The van der Waals surface area contributed by atoms with Crippen molar-refractivity contribution in [3.63, 3.8) is 0 Å². The molecule has 0 aliphatic carbocycles. The van der Waals surface area contributed by atoms with Gasteiger partial charge in [0.1, 0.15) is 5.82 Å². The molecule has 0 radical (unpaired) electrons. The van der Waals surface area contributed by atoms with E-state index in [9.17, 15) is 14.3 Å². The molecule has 1 rings (SSSR count). The second kappa shape index (κ2) is 5.09. The number of halogens is 2. The number of esters is 1. The van der Waals surface area contributed by atoms with Crippen LogP contribution in [-0.4, -0.2) is 18.2 Å². The summed E-state index contributed by atoms with van der Waals surface area (Å²) >= 11 is 5.53. The van der Waals surface area contributed by atoms with E-state index < -0.39 is 17.9 Å². The third kappa shape index (κ3) is 2.91. The molecule has 0 saturated carbocycles. The van der Waals surface area contributed by atoms with E-state index in [1.807, 2.05) is 0 Å². The highest BCUT2D eigenvalue weighted by atomic mass is 35.5. The first-order valence-corrected chi connectivity index (χ1v) is 4.63. The topological polar surface area (TPSA) is 46.5 Å². The zero-order valence-corrected chi connectivity index (χ0v) is 8.79. The Morgan fingerprint density at radius 3 is 2.93 bits per heavy atom. The molecule has 1 N–H and O–H groups in total. The lowest BCUT2D eigenvalue weighted by Gasteiger charge is -2.10. The number of hydrogen-bond acceptors (Lipinski definition) is 3. The second-order valence-corrected chi connectivity index (χ2v) is 3.35. The molecule has 0 heterocycles. The Morgan fingerprint density at radius 2 is 2.33 bits per heavy atom. The summed E-state index contributed by atoms with van der Waals surface area (Å²) in [6.45, 7) is 0. The standard InChI is InChI=1S/C10H10ClFO3/c1-15-9(14)5-8(13)6-3-2-4-7(11)10(6)12/h2-4,8,13H,5H2,1H3/t8-/m1/s1. The van der Waals surface area contributed by atoms with Gasteiger partial charge in [-0.1, -0.05) is 23.7 Å². The minimum atomic E-state index is -1.24. The van der Waals surface area contributed by atoms with E-state index in [1.165, 1.54) is 25.3 Å². The highest BCUT2D eigenvalue weighted by molar-refractivity contribution is 6.30. The van der Waals surface area contributed by atoms with E-state index in [0.717, 1.165) is 0 Å². The minimum absolute atomic E-state index is 0.00657. The van der Waals surface area contributed by atoms with Crippen molar-refractivity contribution < 1.29 is 19.0 Å². The zero-order valence-electron chi connectivity index (χ0n) is 8.04. The molecule has 0 aliphatic rings. The molecule has 1 aromatic rings. The summed E-state index contributed by atoms with van der Waals surface area (Å²) in [5, 5.41) is 9.44. The van der Waals surface area contributed by atoms with Gasteiger partial charge in [0.25, 0.3) is 0 Å². The van der Waals surface area contributed by atoms with Gasteiger partial charge in [0.15, 0.2) is 0 Å². The van der Waals surface area contributed by atoms with Gasteiger partial charge in [-0.2, -0.15) is 0 Å². The van der Waals surface area contributed by atoms with Crippen LogP contribution in [0.1, 0.15) is 18.1 Å². The third-order valence-electron chi connectivity index (χ3n) is 1.93. The predicted octanol–water partition coefficient (Wildman–Crippen LogP) is 2.08. The van der Waals surface area contributed by atoms with Crippen molar-refractivity contribution in [3.05, 3.63) is 34.6 Å². The number of carbonyl (C=O) groups is 1. The fourth-order valence-corrected chi connectivity index (χ4v) is 1.31. The monoisotopic (exact) mass is 232 g/mol. The Hall–Kier alpha value is -1.13. The normalized spacial score (nSPS) is 12.3. The molecule has 0 aromatic heterocycles. The first kappa shape index (κ1) is 11.9. The van der Waals surface area contributed by atoms with Crippen molar-refractivity contribution in [2.75, 3.05) is 7.11 Å². The van der Waals surface area contributed by atoms with E-state index in [0.29, 0.717) is 0 Å². The van der Waals surface area contributed by atoms with Gasteiger partial charge < -0.3 is 9.84 Å². The molecule has 15 heavy (non-hydrogen) atoms. The summed E-state index contributed by atoms with van der Waals surface area (Å²) in [7, 11) is 1.20. The molecule has 0 aliphatic heterocycles. The predicted molar refractivity (Wildman–Crippen MR) is 53.0 cm³/mol. The molecule has 1 atom stereocenters. The van der Waals surface area contributed by atoms with Crippen LogP contribution in [0.15, 0.2) is 18.2 Å². The maximum absolute atomic E-state index is 13.4. The Morgan fingerprint density at radius 1 is 1.67 bits per heavy atom. The van der Waals surface area contributed by atoms with Crippen molar-refractivity contribution in [3.8, 4) is 0 Å². The number of ether oxygens (including phenoxy) is 1. The molecule has 1 aromatic carbocycles. The molecule has 0 unspecified atom stereocenters. The molecule has 82 valence electrons. The Labute approximate surface area is 91.4 Å². The molecular weight excluding hydrogens is 223 g/mol. The van der Waals surface area contributed by atoms with Crippen LogP contribution in [0.3, 0.4) is 0 Å². The maximum Gasteiger partial charge on any atom is 0.308 e. The molecule has 0 fully saturated rings. The van der Waals surface area contributed by atoms with Gasteiger partial charge >= 0.3 is 5.97 Å². The third-order valence-corrected chi connectivity index (χ3v) is 2.22. The highest BCUT2D eigenvalue weighted by Crippen LogP contribution is 2.25. The average Bonchev–Trinajstić information content (AvgIpc) is 2.21. The number of carbonyl (C=O) groups excluding carboxylic acids is 1. The Kier molecular flexibility index (Phi) is 4.05. The lowest BCUT2D eigenvalue weighted by atomic mass is 10.1. The van der Waals surface area contributed by atoms with Gasteiger partial charge in [-0.05, 0) is 6.07 Å². The molecule has 5 heteroatoms. The Balaban J connectivity index is 2.86. The van der Waals surface area contributed by atoms with Crippen LogP contribution in [0, 0.1) is 5.82 Å². The molecule has 0 spiro atoms. The van der Waals surface area contributed by atoms with E-state index in [2.05, 4.69) is 4.74 Å². The van der Waals surface area contributed by atoms with Gasteiger partial charge in [0.2, 0.25) is 0 Å². The lowest BCUT2D eigenvalue weighted by Crippen LogP contribution is -2.09. The number of hydrogen-bond donors (Lipinski definition) is 1. The molecule has 3 nitrogen and oxygen atoms in total. The Bertz CT molecular complexity index is 368. The van der Waals surface area contributed by atoms with Crippen LogP contribution in [0.5, 0.6) is 0 Å². The average molecular weight is 233 g/mol. The fraction of sp³-hybridized carbons (Fsp3) is 0.300. The van der Waals surface area contributed by atoms with Gasteiger partial charge in [0, 0.05) is 5.56 Å². The quantitative estimate of drug-likeness (QED) is 0.812. The summed E-state index contributed by atoms with van der Waals surface area (Å²) in [5.41, 5.74) is -0.00657. The van der Waals surface area contributed by atoms with Crippen LogP contribution in [0.25, 0.3) is 0 Å². The van der Waals surface area contributed by atoms with Crippen LogP contribution in [-0.2, 0) is 9.53 Å². The summed E-state index contributed by atoms with van der Waals surface area (Å²) < 4.78 is 17.7. The number of benzene rings is 1. The molecule has 0 bridgehead atoms. The van der Waals surface area contributed by atoms with Gasteiger partial charge in [-0.15, -0.1) is 0 Å². The van der Waals surface area contributed by atoms with Crippen molar-refractivity contribution >= 4 is 17.6 Å². The van der Waals surface area contributed by atoms with Gasteiger partial charge in [-0.3, -0.25) is 4.79 Å². The van der Waals surface area contributed by atoms with E-state index in [-0.39, 0.29) is 17.0 Å². The van der Waals surface area contributed by atoms with E-state index >= 15 is 0 Å². The highest BCUT2D eigenvalue weighted by Gasteiger charge is 2.18. The maximum atomic E-state index is 13.4. The van der Waals surface area contributed by atoms with Crippen LogP contribution >= 0.6 is 11.6 Å². The number of aliphatic hydroxyl groups excluding tert-OH is 1. The minimum Gasteiger partial charge on any atom is -0.469 e. The summed E-state index contributed by atoms with van der Waals surface area (Å²) in [5.74, 6) is -1.32. The van der Waals surface area contributed by atoms with Crippen molar-refractivity contribution in [2.45, 2.75) is 12.5 Å². The second-order valence-electron chi connectivity index (χ2n) is 2.94. The molecular formula is C10H10ClFO3. The van der Waals surface area contributed by atoms with Crippen molar-refractivity contribution in [1.29, 1.82) is 0 Å². The summed E-state index contributed by atoms with van der Waals surface area (Å²) in [6.07, 6.45) is -1.54. The lowest BCUT2D eigenvalue weighted by molar-refractivity contribution is -0.142. The first-order chi connectivity index (χ1) is 7.06. The summed E-state index contributed by atoms with van der Waals surface area (Å²) in [6, 6.07) is 4.24. The van der Waals surface area contributed by atoms with Crippen LogP contribution < -0.4 is 0 Å².